The maximum absolute atomic E-state index is 13.1. The topological polar surface area (TPSA) is 104 Å². The monoisotopic (exact) mass is 465 g/mol. The van der Waals surface area contributed by atoms with Crippen molar-refractivity contribution in [2.75, 3.05) is 20.6 Å². The standard InChI is InChI=1S/C21H27N3O5S2/c1-16-10-12-18(13-11-16)30(26,27)24-14-6-8-19(24)21(25)22-15-17-7-4-5-9-20(17)31(28,29)23(2)3/h4-5,7,9-13,19H,6,8,14-15H2,1-3H3,(H,22,25)/t19-/m0/s1. The molecule has 1 aliphatic heterocycles. The van der Waals surface area contributed by atoms with Gasteiger partial charge >= 0.3 is 0 Å². The van der Waals surface area contributed by atoms with Gasteiger partial charge in [-0.2, -0.15) is 4.31 Å². The second kappa shape index (κ2) is 9.07. The normalized spacial score (nSPS) is 17.7. The first-order chi connectivity index (χ1) is 14.5. The van der Waals surface area contributed by atoms with E-state index in [-0.39, 0.29) is 22.9 Å². The van der Waals surface area contributed by atoms with E-state index in [1.807, 2.05) is 6.92 Å². The quantitative estimate of drug-likeness (QED) is 0.671. The van der Waals surface area contributed by atoms with Gasteiger partial charge in [-0.3, -0.25) is 4.79 Å². The minimum atomic E-state index is -3.81. The molecule has 168 valence electrons. The zero-order valence-electron chi connectivity index (χ0n) is 17.8. The van der Waals surface area contributed by atoms with E-state index in [9.17, 15) is 21.6 Å². The summed E-state index contributed by atoms with van der Waals surface area (Å²) in [5, 5.41) is 2.73. The van der Waals surface area contributed by atoms with Crippen LogP contribution in [0.15, 0.2) is 58.3 Å². The number of amides is 1. The number of aryl methyl sites for hydroxylation is 1. The molecule has 2 aromatic rings. The third-order valence-corrected chi connectivity index (χ3v) is 9.16. The van der Waals surface area contributed by atoms with Crippen LogP contribution < -0.4 is 5.32 Å². The van der Waals surface area contributed by atoms with Crippen LogP contribution >= 0.6 is 0 Å². The maximum Gasteiger partial charge on any atom is 0.243 e. The highest BCUT2D eigenvalue weighted by Crippen LogP contribution is 2.27. The van der Waals surface area contributed by atoms with Gasteiger partial charge < -0.3 is 5.32 Å². The Hall–Kier alpha value is -2.27. The summed E-state index contributed by atoms with van der Waals surface area (Å²) in [6.45, 7) is 2.12. The van der Waals surface area contributed by atoms with Crippen molar-refractivity contribution in [2.24, 2.45) is 0 Å². The van der Waals surface area contributed by atoms with Gasteiger partial charge in [-0.05, 0) is 43.5 Å². The van der Waals surface area contributed by atoms with Gasteiger partial charge in [0, 0.05) is 27.2 Å². The van der Waals surface area contributed by atoms with Crippen LogP contribution in [-0.4, -0.2) is 58.0 Å². The molecule has 0 unspecified atom stereocenters. The van der Waals surface area contributed by atoms with Gasteiger partial charge in [0.25, 0.3) is 0 Å². The van der Waals surface area contributed by atoms with Gasteiger partial charge in [0.1, 0.15) is 6.04 Å². The number of nitrogens with one attached hydrogen (secondary N) is 1. The van der Waals surface area contributed by atoms with Crippen LogP contribution in [0.25, 0.3) is 0 Å². The van der Waals surface area contributed by atoms with E-state index in [0.29, 0.717) is 18.4 Å². The summed E-state index contributed by atoms with van der Waals surface area (Å²) in [4.78, 5) is 13.1. The lowest BCUT2D eigenvalue weighted by molar-refractivity contribution is -0.124. The number of benzene rings is 2. The number of hydrogen-bond donors (Lipinski definition) is 1. The highest BCUT2D eigenvalue weighted by molar-refractivity contribution is 7.89. The molecule has 0 bridgehead atoms. The highest BCUT2D eigenvalue weighted by Gasteiger charge is 2.39. The molecular weight excluding hydrogens is 438 g/mol. The molecule has 1 fully saturated rings. The van der Waals surface area contributed by atoms with Gasteiger partial charge in [-0.25, -0.2) is 21.1 Å². The molecule has 2 aromatic carbocycles. The number of carbonyl (C=O) groups excluding carboxylic acids is 1. The molecule has 8 nitrogen and oxygen atoms in total. The molecule has 1 heterocycles. The smallest absolute Gasteiger partial charge is 0.243 e. The molecule has 1 aliphatic rings. The SMILES string of the molecule is Cc1ccc(S(=O)(=O)N2CCC[C@H]2C(=O)NCc2ccccc2S(=O)(=O)N(C)C)cc1. The summed E-state index contributed by atoms with van der Waals surface area (Å²) in [6.07, 6.45) is 0.989. The first-order valence-corrected chi connectivity index (χ1v) is 12.8. The minimum Gasteiger partial charge on any atom is -0.351 e. The zero-order chi connectivity index (χ0) is 22.8. The van der Waals surface area contributed by atoms with E-state index < -0.39 is 32.0 Å². The average molecular weight is 466 g/mol. The van der Waals surface area contributed by atoms with Crippen LogP contribution in [0.1, 0.15) is 24.0 Å². The molecule has 31 heavy (non-hydrogen) atoms. The van der Waals surface area contributed by atoms with Crippen molar-refractivity contribution >= 4 is 26.0 Å². The van der Waals surface area contributed by atoms with Crippen LogP contribution in [0.4, 0.5) is 0 Å². The van der Waals surface area contributed by atoms with Gasteiger partial charge in [-0.15, -0.1) is 0 Å². The summed E-state index contributed by atoms with van der Waals surface area (Å²) in [6, 6.07) is 12.1. The second-order valence-electron chi connectivity index (χ2n) is 7.70. The molecule has 1 amide bonds. The lowest BCUT2D eigenvalue weighted by atomic mass is 10.2. The van der Waals surface area contributed by atoms with E-state index in [0.717, 1.165) is 9.87 Å². The van der Waals surface area contributed by atoms with Crippen LogP contribution in [0, 0.1) is 6.92 Å². The lowest BCUT2D eigenvalue weighted by Crippen LogP contribution is -2.45. The summed E-state index contributed by atoms with van der Waals surface area (Å²) >= 11 is 0. The van der Waals surface area contributed by atoms with Crippen LogP contribution in [0.5, 0.6) is 0 Å². The third kappa shape index (κ3) is 4.82. The number of hydrogen-bond acceptors (Lipinski definition) is 5. The average Bonchev–Trinajstić information content (AvgIpc) is 3.23. The molecular formula is C21H27N3O5S2. The number of nitrogens with zero attached hydrogens (tertiary/aromatic N) is 2. The zero-order valence-corrected chi connectivity index (χ0v) is 19.4. The van der Waals surface area contributed by atoms with Gasteiger partial charge in [0.05, 0.1) is 9.79 Å². The van der Waals surface area contributed by atoms with Crippen LogP contribution in [-0.2, 0) is 31.4 Å². The Morgan fingerprint density at radius 3 is 2.35 bits per heavy atom. The molecule has 0 spiro atoms. The predicted octanol–water partition coefficient (Wildman–Crippen LogP) is 1.71. The Balaban J connectivity index is 1.78. The van der Waals surface area contributed by atoms with Crippen molar-refractivity contribution in [1.82, 2.24) is 13.9 Å². The molecule has 1 atom stereocenters. The maximum atomic E-state index is 13.1. The first-order valence-electron chi connectivity index (χ1n) is 9.92. The molecule has 10 heteroatoms. The highest BCUT2D eigenvalue weighted by atomic mass is 32.2. The summed E-state index contributed by atoms with van der Waals surface area (Å²) in [5.41, 5.74) is 1.39. The van der Waals surface area contributed by atoms with Crippen LogP contribution in [0.2, 0.25) is 0 Å². The molecule has 0 saturated carbocycles. The molecule has 0 aromatic heterocycles. The van der Waals surface area contributed by atoms with Gasteiger partial charge in [0.2, 0.25) is 26.0 Å². The fourth-order valence-electron chi connectivity index (χ4n) is 3.53. The Kier molecular flexibility index (Phi) is 6.85. The first kappa shape index (κ1) is 23.4. The molecule has 0 radical (unpaired) electrons. The van der Waals surface area contributed by atoms with Gasteiger partial charge in [-0.1, -0.05) is 35.9 Å². The van der Waals surface area contributed by atoms with Crippen molar-refractivity contribution in [3.8, 4) is 0 Å². The van der Waals surface area contributed by atoms with E-state index in [4.69, 9.17) is 0 Å². The van der Waals surface area contributed by atoms with Crippen molar-refractivity contribution in [1.29, 1.82) is 0 Å². The molecule has 1 N–H and O–H groups in total. The Bertz CT molecular complexity index is 1160. The Morgan fingerprint density at radius 2 is 1.71 bits per heavy atom. The van der Waals surface area contributed by atoms with E-state index in [1.54, 1.807) is 42.5 Å². The molecule has 0 aliphatic carbocycles. The molecule has 1 saturated heterocycles. The number of carbonyl (C=O) groups is 1. The van der Waals surface area contributed by atoms with E-state index in [1.165, 1.54) is 24.5 Å². The fraction of sp³-hybridized carbons (Fsp3) is 0.381. The number of rotatable bonds is 7. The van der Waals surface area contributed by atoms with Crippen molar-refractivity contribution in [2.45, 2.75) is 42.1 Å². The lowest BCUT2D eigenvalue weighted by Gasteiger charge is -2.24. The Labute approximate surface area is 184 Å². The second-order valence-corrected chi connectivity index (χ2v) is 11.7. The summed E-state index contributed by atoms with van der Waals surface area (Å²) in [5.74, 6) is -0.440. The van der Waals surface area contributed by atoms with Crippen molar-refractivity contribution in [3.63, 3.8) is 0 Å². The van der Waals surface area contributed by atoms with Gasteiger partial charge in [0.15, 0.2) is 0 Å². The summed E-state index contributed by atoms with van der Waals surface area (Å²) in [7, 11) is -4.59. The third-order valence-electron chi connectivity index (χ3n) is 5.32. The van der Waals surface area contributed by atoms with E-state index in [2.05, 4.69) is 5.32 Å². The van der Waals surface area contributed by atoms with Crippen molar-refractivity contribution in [3.05, 3.63) is 59.7 Å². The van der Waals surface area contributed by atoms with Crippen LogP contribution in [0.3, 0.4) is 0 Å². The fourth-order valence-corrected chi connectivity index (χ4v) is 6.31. The van der Waals surface area contributed by atoms with E-state index >= 15 is 0 Å². The number of sulfonamides is 2. The van der Waals surface area contributed by atoms with Crippen molar-refractivity contribution < 1.29 is 21.6 Å². The minimum absolute atomic E-state index is 0.0169. The molecule has 3 rings (SSSR count). The largest absolute Gasteiger partial charge is 0.351 e. The Morgan fingerprint density at radius 1 is 1.06 bits per heavy atom. The summed E-state index contributed by atoms with van der Waals surface area (Å²) < 4.78 is 53.5. The predicted molar refractivity (Wildman–Crippen MR) is 117 cm³/mol.